The zero-order valence-corrected chi connectivity index (χ0v) is 11.6. The summed E-state index contributed by atoms with van der Waals surface area (Å²) in [6, 6.07) is 4.73. The van der Waals surface area contributed by atoms with Crippen molar-refractivity contribution in [3.8, 4) is 0 Å². The van der Waals surface area contributed by atoms with Gasteiger partial charge < -0.3 is 10.3 Å². The molecule has 4 nitrogen and oxygen atoms in total. The van der Waals surface area contributed by atoms with Gasteiger partial charge in [-0.15, -0.1) is 0 Å². The van der Waals surface area contributed by atoms with Crippen molar-refractivity contribution in [1.82, 2.24) is 14.5 Å². The van der Waals surface area contributed by atoms with E-state index < -0.39 is 0 Å². The fourth-order valence-corrected chi connectivity index (χ4v) is 2.30. The maximum absolute atomic E-state index is 13.3. The molecule has 2 rings (SSSR count). The van der Waals surface area contributed by atoms with E-state index in [1.807, 2.05) is 0 Å². The number of hydrogen-bond acceptors (Lipinski definition) is 3. The summed E-state index contributed by atoms with van der Waals surface area (Å²) in [5, 5.41) is 0. The van der Waals surface area contributed by atoms with E-state index in [-0.39, 0.29) is 5.82 Å². The molecule has 104 valence electrons. The molecule has 0 radical (unpaired) electrons. The molecule has 0 amide bonds. The van der Waals surface area contributed by atoms with Crippen molar-refractivity contribution >= 4 is 11.0 Å². The van der Waals surface area contributed by atoms with Crippen molar-refractivity contribution in [3.63, 3.8) is 0 Å². The van der Waals surface area contributed by atoms with Crippen LogP contribution < -0.4 is 5.73 Å². The van der Waals surface area contributed by atoms with E-state index in [1.165, 1.54) is 12.1 Å². The fourth-order valence-electron chi connectivity index (χ4n) is 2.30. The Bertz CT molecular complexity index is 546. The van der Waals surface area contributed by atoms with Crippen LogP contribution in [0.4, 0.5) is 4.39 Å². The highest BCUT2D eigenvalue weighted by Crippen LogP contribution is 2.18. The molecule has 0 fully saturated rings. The smallest absolute Gasteiger partial charge is 0.125 e. The van der Waals surface area contributed by atoms with Crippen molar-refractivity contribution in [1.29, 1.82) is 0 Å². The second-order valence-corrected chi connectivity index (χ2v) is 4.56. The number of nitrogens with two attached hydrogens (primary N) is 1. The van der Waals surface area contributed by atoms with Gasteiger partial charge in [-0.2, -0.15) is 0 Å². The third-order valence-electron chi connectivity index (χ3n) is 3.40. The lowest BCUT2D eigenvalue weighted by molar-refractivity contribution is 0.284. The van der Waals surface area contributed by atoms with Crippen LogP contribution in [0.2, 0.25) is 0 Å². The van der Waals surface area contributed by atoms with Crippen LogP contribution in [-0.2, 0) is 13.1 Å². The summed E-state index contributed by atoms with van der Waals surface area (Å²) in [5.74, 6) is 0.703. The van der Waals surface area contributed by atoms with E-state index in [9.17, 15) is 4.39 Å². The van der Waals surface area contributed by atoms with Gasteiger partial charge in [-0.3, -0.25) is 4.90 Å². The monoisotopic (exact) mass is 264 g/mol. The molecule has 1 heterocycles. The first-order valence-electron chi connectivity index (χ1n) is 6.76. The molecule has 0 aliphatic carbocycles. The Labute approximate surface area is 113 Å². The molecule has 0 aliphatic rings. The lowest BCUT2D eigenvalue weighted by atomic mass is 10.3. The highest BCUT2D eigenvalue weighted by molar-refractivity contribution is 5.76. The Morgan fingerprint density at radius 3 is 2.68 bits per heavy atom. The molecule has 1 aromatic carbocycles. The molecule has 19 heavy (non-hydrogen) atoms. The molecule has 2 N–H and O–H groups in total. The summed E-state index contributed by atoms with van der Waals surface area (Å²) < 4.78 is 15.4. The Balaban J connectivity index is 2.43. The number of aromatic nitrogens is 2. The average Bonchev–Trinajstić information content (AvgIpc) is 2.73. The maximum atomic E-state index is 13.3. The first-order valence-corrected chi connectivity index (χ1v) is 6.76. The van der Waals surface area contributed by atoms with Crippen LogP contribution >= 0.6 is 0 Å². The minimum Gasteiger partial charge on any atom is -0.329 e. The molecule has 0 saturated heterocycles. The van der Waals surface area contributed by atoms with Gasteiger partial charge >= 0.3 is 0 Å². The van der Waals surface area contributed by atoms with Gasteiger partial charge in [0.1, 0.15) is 11.6 Å². The van der Waals surface area contributed by atoms with Gasteiger partial charge in [0.05, 0.1) is 17.6 Å². The Morgan fingerprint density at radius 2 is 2.05 bits per heavy atom. The van der Waals surface area contributed by atoms with E-state index in [0.29, 0.717) is 18.6 Å². The molecule has 1 aromatic heterocycles. The average molecular weight is 264 g/mol. The Kier molecular flexibility index (Phi) is 4.50. The van der Waals surface area contributed by atoms with Gasteiger partial charge in [0.25, 0.3) is 0 Å². The van der Waals surface area contributed by atoms with Gasteiger partial charge in [0.15, 0.2) is 0 Å². The Hall–Kier alpha value is -1.46. The first kappa shape index (κ1) is 14.0. The van der Waals surface area contributed by atoms with Crippen molar-refractivity contribution in [3.05, 3.63) is 29.8 Å². The first-order chi connectivity index (χ1) is 9.19. The fraction of sp³-hybridized carbons (Fsp3) is 0.500. The van der Waals surface area contributed by atoms with Crippen LogP contribution in [0.3, 0.4) is 0 Å². The predicted molar refractivity (Wildman–Crippen MR) is 75.4 cm³/mol. The molecule has 0 aliphatic heterocycles. The van der Waals surface area contributed by atoms with Gasteiger partial charge in [-0.05, 0) is 25.2 Å². The Morgan fingerprint density at radius 1 is 1.32 bits per heavy atom. The number of imidazole rings is 1. The highest BCUT2D eigenvalue weighted by atomic mass is 19.1. The quantitative estimate of drug-likeness (QED) is 0.867. The molecule has 0 spiro atoms. The number of hydrogen-bond donors (Lipinski definition) is 1. The lowest BCUT2D eigenvalue weighted by Gasteiger charge is -2.18. The summed E-state index contributed by atoms with van der Waals surface area (Å²) in [7, 11) is 0. The van der Waals surface area contributed by atoms with Crippen LogP contribution in [0, 0.1) is 5.82 Å². The minimum absolute atomic E-state index is 0.251. The largest absolute Gasteiger partial charge is 0.329 e. The van der Waals surface area contributed by atoms with E-state index in [2.05, 4.69) is 28.3 Å². The van der Waals surface area contributed by atoms with E-state index in [1.54, 1.807) is 6.07 Å². The summed E-state index contributed by atoms with van der Waals surface area (Å²) >= 11 is 0. The molecular weight excluding hydrogens is 243 g/mol. The summed E-state index contributed by atoms with van der Waals surface area (Å²) in [6.45, 7) is 8.21. The minimum atomic E-state index is -0.251. The molecule has 2 aromatic rings. The molecule has 0 saturated carbocycles. The lowest BCUT2D eigenvalue weighted by Crippen LogP contribution is -2.25. The second kappa shape index (κ2) is 6.12. The van der Waals surface area contributed by atoms with Gasteiger partial charge in [0.2, 0.25) is 0 Å². The number of benzene rings is 1. The molecule has 0 unspecified atom stereocenters. The molecular formula is C14H21FN4. The SMILES string of the molecule is CCN(CC)Cc1nc2cc(F)ccc2n1CCN. The predicted octanol–water partition coefficient (Wildman–Crippen LogP) is 1.98. The van der Waals surface area contributed by atoms with Crippen LogP contribution in [-0.4, -0.2) is 34.1 Å². The van der Waals surface area contributed by atoms with Gasteiger partial charge in [0, 0.05) is 19.2 Å². The number of fused-ring (bicyclic) bond motifs is 1. The van der Waals surface area contributed by atoms with Crippen molar-refractivity contribution in [2.75, 3.05) is 19.6 Å². The summed E-state index contributed by atoms with van der Waals surface area (Å²) in [6.07, 6.45) is 0. The van der Waals surface area contributed by atoms with Gasteiger partial charge in [-0.1, -0.05) is 13.8 Å². The third kappa shape index (κ3) is 2.93. The van der Waals surface area contributed by atoms with E-state index in [4.69, 9.17) is 5.73 Å². The molecule has 0 bridgehead atoms. The van der Waals surface area contributed by atoms with Gasteiger partial charge in [-0.25, -0.2) is 9.37 Å². The molecule has 0 atom stereocenters. The van der Waals surface area contributed by atoms with E-state index >= 15 is 0 Å². The van der Waals surface area contributed by atoms with Crippen LogP contribution in [0.5, 0.6) is 0 Å². The maximum Gasteiger partial charge on any atom is 0.125 e. The van der Waals surface area contributed by atoms with Crippen molar-refractivity contribution in [2.45, 2.75) is 26.9 Å². The van der Waals surface area contributed by atoms with Crippen LogP contribution in [0.15, 0.2) is 18.2 Å². The zero-order chi connectivity index (χ0) is 13.8. The topological polar surface area (TPSA) is 47.1 Å². The normalized spacial score (nSPS) is 11.6. The number of halogens is 1. The number of nitrogens with zero attached hydrogens (tertiary/aromatic N) is 3. The second-order valence-electron chi connectivity index (χ2n) is 4.56. The van der Waals surface area contributed by atoms with Crippen molar-refractivity contribution < 1.29 is 4.39 Å². The van der Waals surface area contributed by atoms with E-state index in [0.717, 1.165) is 31.0 Å². The van der Waals surface area contributed by atoms with Crippen molar-refractivity contribution in [2.24, 2.45) is 5.73 Å². The number of rotatable bonds is 6. The standard InChI is InChI=1S/C14H21FN4/c1-3-18(4-2)10-14-17-12-9-11(15)5-6-13(12)19(14)8-7-16/h5-6,9H,3-4,7-8,10,16H2,1-2H3. The highest BCUT2D eigenvalue weighted by Gasteiger charge is 2.13. The summed E-state index contributed by atoms with van der Waals surface area (Å²) in [4.78, 5) is 6.84. The zero-order valence-electron chi connectivity index (χ0n) is 11.6. The van der Waals surface area contributed by atoms with Crippen LogP contribution in [0.1, 0.15) is 19.7 Å². The summed E-state index contributed by atoms with van der Waals surface area (Å²) in [5.41, 5.74) is 7.33. The van der Waals surface area contributed by atoms with Crippen LogP contribution in [0.25, 0.3) is 11.0 Å². The third-order valence-corrected chi connectivity index (χ3v) is 3.40. The molecule has 5 heteroatoms.